The molecule has 0 amide bonds. The topological polar surface area (TPSA) is 72.8 Å². The summed E-state index contributed by atoms with van der Waals surface area (Å²) < 4.78 is 9.90. The van der Waals surface area contributed by atoms with Gasteiger partial charge in [0.1, 0.15) is 11.3 Å². The lowest BCUT2D eigenvalue weighted by atomic mass is 9.89. The lowest BCUT2D eigenvalue weighted by Gasteiger charge is -2.19. The summed E-state index contributed by atoms with van der Waals surface area (Å²) in [6.45, 7) is 7.53. The Hall–Kier alpha value is -2.04. The number of rotatable bonds is 8. The minimum absolute atomic E-state index is 0.0524. The molecule has 0 fully saturated rings. The van der Waals surface area contributed by atoms with Crippen molar-refractivity contribution in [1.82, 2.24) is 0 Å². The summed E-state index contributed by atoms with van der Waals surface area (Å²) in [7, 11) is 1.26. The number of benzene rings is 1. The Morgan fingerprint density at radius 3 is 2.17 bits per heavy atom. The van der Waals surface area contributed by atoms with E-state index in [1.807, 2.05) is 0 Å². The summed E-state index contributed by atoms with van der Waals surface area (Å²) in [5, 5.41) is 10.6. The van der Waals surface area contributed by atoms with E-state index in [1.165, 1.54) is 7.11 Å². The van der Waals surface area contributed by atoms with Gasteiger partial charge >= 0.3 is 11.9 Å². The van der Waals surface area contributed by atoms with Crippen molar-refractivity contribution in [3.63, 3.8) is 0 Å². The number of ether oxygens (including phenoxy) is 2. The zero-order valence-corrected chi connectivity index (χ0v) is 15.3. The Morgan fingerprint density at radius 2 is 1.62 bits per heavy atom. The highest BCUT2D eigenvalue weighted by molar-refractivity contribution is 6.01. The molecule has 0 aliphatic carbocycles. The highest BCUT2D eigenvalue weighted by Gasteiger charge is 2.27. The van der Waals surface area contributed by atoms with Crippen molar-refractivity contribution in [2.24, 2.45) is 0 Å². The van der Waals surface area contributed by atoms with Crippen LogP contribution in [-0.4, -0.2) is 30.8 Å². The van der Waals surface area contributed by atoms with Gasteiger partial charge in [-0.2, -0.15) is 0 Å². The largest absolute Gasteiger partial charge is 0.507 e. The SMILES string of the molecule is CCCCCCc1c(C)c(C(=O)OCC)c(C)c(C(=O)OC)c1O. The van der Waals surface area contributed by atoms with Crippen LogP contribution >= 0.6 is 0 Å². The summed E-state index contributed by atoms with van der Waals surface area (Å²) in [5.41, 5.74) is 2.09. The van der Waals surface area contributed by atoms with Crippen molar-refractivity contribution in [3.05, 3.63) is 27.8 Å². The molecular formula is C19H28O5. The van der Waals surface area contributed by atoms with E-state index in [2.05, 4.69) is 6.92 Å². The third-order valence-corrected chi connectivity index (χ3v) is 4.25. The standard InChI is InChI=1S/C19H28O5/c1-6-8-9-10-11-14-12(3)15(19(22)24-7-2)13(4)16(17(14)20)18(21)23-5/h20H,6-11H2,1-5H3. The van der Waals surface area contributed by atoms with Gasteiger partial charge in [0, 0.05) is 0 Å². The van der Waals surface area contributed by atoms with E-state index in [0.29, 0.717) is 28.7 Å². The number of unbranched alkanes of at least 4 members (excludes halogenated alkanes) is 3. The molecule has 0 atom stereocenters. The number of aromatic hydroxyl groups is 1. The molecular weight excluding hydrogens is 308 g/mol. The van der Waals surface area contributed by atoms with Gasteiger partial charge in [-0.1, -0.05) is 26.2 Å². The lowest BCUT2D eigenvalue weighted by Crippen LogP contribution is -2.16. The van der Waals surface area contributed by atoms with Crippen molar-refractivity contribution in [2.75, 3.05) is 13.7 Å². The highest BCUT2D eigenvalue weighted by atomic mass is 16.5. The first-order valence-corrected chi connectivity index (χ1v) is 8.50. The van der Waals surface area contributed by atoms with Crippen LogP contribution in [0, 0.1) is 13.8 Å². The summed E-state index contributed by atoms with van der Waals surface area (Å²) in [6.07, 6.45) is 4.74. The predicted molar refractivity (Wildman–Crippen MR) is 92.7 cm³/mol. The average Bonchev–Trinajstić information content (AvgIpc) is 2.54. The predicted octanol–water partition coefficient (Wildman–Crippen LogP) is 4.10. The lowest BCUT2D eigenvalue weighted by molar-refractivity contribution is 0.0524. The number of hydrogen-bond donors (Lipinski definition) is 1. The molecule has 1 rings (SSSR count). The fraction of sp³-hybridized carbons (Fsp3) is 0.579. The number of methoxy groups -OCH3 is 1. The van der Waals surface area contributed by atoms with Gasteiger partial charge in [0.05, 0.1) is 19.3 Å². The monoisotopic (exact) mass is 336 g/mol. The molecule has 1 N–H and O–H groups in total. The normalized spacial score (nSPS) is 10.5. The second kappa shape index (κ2) is 9.30. The molecule has 5 heteroatoms. The molecule has 5 nitrogen and oxygen atoms in total. The third-order valence-electron chi connectivity index (χ3n) is 4.25. The molecule has 0 unspecified atom stereocenters. The van der Waals surface area contributed by atoms with Crippen LogP contribution in [0.3, 0.4) is 0 Å². The van der Waals surface area contributed by atoms with Crippen molar-refractivity contribution >= 4 is 11.9 Å². The van der Waals surface area contributed by atoms with Crippen molar-refractivity contribution in [3.8, 4) is 5.75 Å². The molecule has 0 spiro atoms. The fourth-order valence-electron chi connectivity index (χ4n) is 2.96. The minimum atomic E-state index is -0.648. The van der Waals surface area contributed by atoms with E-state index in [1.54, 1.807) is 20.8 Å². The van der Waals surface area contributed by atoms with E-state index in [9.17, 15) is 14.7 Å². The molecule has 134 valence electrons. The van der Waals surface area contributed by atoms with Gasteiger partial charge in [0.2, 0.25) is 0 Å². The van der Waals surface area contributed by atoms with Gasteiger partial charge in [-0.3, -0.25) is 0 Å². The fourth-order valence-corrected chi connectivity index (χ4v) is 2.96. The Kier molecular flexibility index (Phi) is 7.75. The van der Waals surface area contributed by atoms with Crippen LogP contribution in [0.15, 0.2) is 0 Å². The molecule has 0 aromatic heterocycles. The molecule has 1 aromatic rings. The van der Waals surface area contributed by atoms with E-state index >= 15 is 0 Å². The first-order chi connectivity index (χ1) is 11.4. The molecule has 0 saturated heterocycles. The number of hydrogen-bond acceptors (Lipinski definition) is 5. The smallest absolute Gasteiger partial charge is 0.341 e. The van der Waals surface area contributed by atoms with Crippen LogP contribution in [0.1, 0.15) is 76.9 Å². The first kappa shape index (κ1) is 20.0. The Balaban J connectivity index is 3.42. The Labute approximate surface area is 144 Å². The minimum Gasteiger partial charge on any atom is -0.507 e. The number of phenolic OH excluding ortho intramolecular Hbond substituents is 1. The van der Waals surface area contributed by atoms with Crippen LogP contribution in [0.4, 0.5) is 0 Å². The maximum absolute atomic E-state index is 12.3. The summed E-state index contributed by atoms with van der Waals surface area (Å²) in [4.78, 5) is 24.4. The van der Waals surface area contributed by atoms with E-state index < -0.39 is 11.9 Å². The summed E-state index contributed by atoms with van der Waals surface area (Å²) in [5.74, 6) is -1.21. The zero-order chi connectivity index (χ0) is 18.3. The molecule has 0 bridgehead atoms. The maximum atomic E-state index is 12.3. The molecule has 0 saturated carbocycles. The van der Waals surface area contributed by atoms with E-state index in [0.717, 1.165) is 25.7 Å². The van der Waals surface area contributed by atoms with Crippen LogP contribution in [0.2, 0.25) is 0 Å². The van der Waals surface area contributed by atoms with Gasteiger partial charge in [-0.15, -0.1) is 0 Å². The highest BCUT2D eigenvalue weighted by Crippen LogP contribution is 2.35. The second-order valence-corrected chi connectivity index (χ2v) is 5.85. The average molecular weight is 336 g/mol. The van der Waals surface area contributed by atoms with Crippen molar-refractivity contribution < 1.29 is 24.2 Å². The second-order valence-electron chi connectivity index (χ2n) is 5.85. The van der Waals surface area contributed by atoms with Gasteiger partial charge < -0.3 is 14.6 Å². The zero-order valence-electron chi connectivity index (χ0n) is 15.3. The third kappa shape index (κ3) is 4.28. The molecule has 1 aromatic carbocycles. The van der Waals surface area contributed by atoms with Gasteiger partial charge in [0.15, 0.2) is 0 Å². The number of carbonyl (C=O) groups excluding carboxylic acids is 2. The number of carbonyl (C=O) groups is 2. The number of esters is 2. The Bertz CT molecular complexity index is 605. The van der Waals surface area contributed by atoms with Crippen LogP contribution in [0.5, 0.6) is 5.75 Å². The van der Waals surface area contributed by atoms with Crippen LogP contribution in [0.25, 0.3) is 0 Å². The Morgan fingerprint density at radius 1 is 0.958 bits per heavy atom. The van der Waals surface area contributed by atoms with Crippen LogP contribution < -0.4 is 0 Å². The molecule has 0 aliphatic rings. The number of phenols is 1. The molecule has 24 heavy (non-hydrogen) atoms. The van der Waals surface area contributed by atoms with Gasteiger partial charge in [-0.05, 0) is 50.3 Å². The van der Waals surface area contributed by atoms with Crippen molar-refractivity contribution in [1.29, 1.82) is 0 Å². The first-order valence-electron chi connectivity index (χ1n) is 8.50. The molecule has 0 aliphatic heterocycles. The van der Waals surface area contributed by atoms with E-state index in [-0.39, 0.29) is 17.9 Å². The summed E-state index contributed by atoms with van der Waals surface area (Å²) in [6, 6.07) is 0. The van der Waals surface area contributed by atoms with Crippen molar-refractivity contribution in [2.45, 2.75) is 59.8 Å². The van der Waals surface area contributed by atoms with Gasteiger partial charge in [-0.25, -0.2) is 9.59 Å². The molecule has 0 radical (unpaired) electrons. The van der Waals surface area contributed by atoms with E-state index in [4.69, 9.17) is 9.47 Å². The molecule has 0 heterocycles. The maximum Gasteiger partial charge on any atom is 0.341 e. The van der Waals surface area contributed by atoms with Gasteiger partial charge in [0.25, 0.3) is 0 Å². The van der Waals surface area contributed by atoms with Crippen LogP contribution in [-0.2, 0) is 15.9 Å². The summed E-state index contributed by atoms with van der Waals surface area (Å²) >= 11 is 0. The quantitative estimate of drug-likeness (QED) is 0.571.